The number of amides is 6. The molecule has 484 valence electrons. The number of carbonyl (C=O) groups excluding carboxylic acids is 9. The van der Waals surface area contributed by atoms with Gasteiger partial charge in [-0.2, -0.15) is 13.2 Å². The lowest BCUT2D eigenvalue weighted by Crippen LogP contribution is -2.56. The Hall–Kier alpha value is -9.21. The normalized spacial score (nSPS) is 15.9. The van der Waals surface area contributed by atoms with E-state index in [9.17, 15) is 83.8 Å². The average molecular weight is 1270 g/mol. The molecule has 0 saturated carbocycles. The number of rotatable bonds is 23. The molecule has 0 aliphatic carbocycles. The van der Waals surface area contributed by atoms with E-state index in [0.29, 0.717) is 35.6 Å². The minimum absolute atomic E-state index is 0.0587. The van der Waals surface area contributed by atoms with Gasteiger partial charge in [-0.1, -0.05) is 84.0 Å². The predicted molar refractivity (Wildman–Crippen MR) is 306 cm³/mol. The lowest BCUT2D eigenvalue weighted by Gasteiger charge is -2.32. The predicted octanol–water partition coefficient (Wildman–Crippen LogP) is 6.38. The average Bonchev–Trinajstić information content (AvgIpc) is 0.949. The molecular weight excluding hydrogens is 1200 g/mol. The molecule has 2 heterocycles. The molecule has 90 heavy (non-hydrogen) atoms. The number of halogens is 7. The summed E-state index contributed by atoms with van der Waals surface area (Å²) in [6.45, 7) is 9.90. The number of para-hydroxylation sites is 1. The van der Waals surface area contributed by atoms with Gasteiger partial charge in [-0.15, -0.1) is 0 Å². The van der Waals surface area contributed by atoms with Crippen molar-refractivity contribution in [3.63, 3.8) is 0 Å². The number of carbonyl (C=O) groups is 10. The van der Waals surface area contributed by atoms with Crippen LogP contribution in [0.2, 0.25) is 0 Å². The van der Waals surface area contributed by atoms with Crippen molar-refractivity contribution < 1.29 is 103 Å². The maximum Gasteiger partial charge on any atom is 0.313 e. The van der Waals surface area contributed by atoms with Gasteiger partial charge in [0.25, 0.3) is 5.91 Å². The molecule has 4 atom stereocenters. The number of Topliss-reactive ketones (excluding diaryl/α,β-unsaturated/α-hetero) is 2. The Bertz CT molecular complexity index is 3420. The summed E-state index contributed by atoms with van der Waals surface area (Å²) >= 11 is 0. The molecule has 5 N–H and O–H groups in total. The lowest BCUT2D eigenvalue weighted by atomic mass is 9.77. The Morgan fingerprint density at radius 1 is 0.678 bits per heavy atom. The van der Waals surface area contributed by atoms with Crippen LogP contribution in [0.5, 0.6) is 11.5 Å². The number of hydrogen-bond acceptors (Lipinski definition) is 14. The maximum atomic E-state index is 14.6. The van der Waals surface area contributed by atoms with E-state index >= 15 is 0 Å². The molecule has 6 rings (SSSR count). The Morgan fingerprint density at radius 2 is 1.23 bits per heavy atom. The van der Waals surface area contributed by atoms with Gasteiger partial charge in [-0.3, -0.25) is 47.9 Å². The number of benzene rings is 4. The SMILES string of the molecule is C=CCOC(=O)C[C@H](NC(=O)[C@@H]1CCCCN(C(=O)C(=O)Nc2ccccc2C(C)(C)Cc2ccc(C(C)(C)C)c(NC(=O)C(=O)N3CCOC(C(=O)N[C@@H](CC(=O)O)C(=O)COc4c(F)c(F)cc(F)c4F)C3)c2)C1)C(=O)COc1c(C)c(F)cc(F)c1F. The number of aliphatic carboxylic acids is 1. The van der Waals surface area contributed by atoms with Crippen LogP contribution in [0.15, 0.2) is 67.3 Å². The monoisotopic (exact) mass is 1270 g/mol. The zero-order valence-corrected chi connectivity index (χ0v) is 49.9. The van der Waals surface area contributed by atoms with Gasteiger partial charge in [-0.25, -0.2) is 17.6 Å². The molecule has 21 nitrogen and oxygen atoms in total. The van der Waals surface area contributed by atoms with E-state index in [1.165, 1.54) is 11.0 Å². The van der Waals surface area contributed by atoms with Crippen LogP contribution in [0.3, 0.4) is 0 Å². The van der Waals surface area contributed by atoms with E-state index in [2.05, 4.69) is 32.6 Å². The first-order valence-electron chi connectivity index (χ1n) is 28.2. The van der Waals surface area contributed by atoms with Crippen LogP contribution in [0.25, 0.3) is 0 Å². The highest BCUT2D eigenvalue weighted by molar-refractivity contribution is 6.40. The highest BCUT2D eigenvalue weighted by atomic mass is 19.2. The number of nitrogens with zero attached hydrogens (tertiary/aromatic N) is 2. The second-order valence-electron chi connectivity index (χ2n) is 23.0. The number of hydrogen-bond donors (Lipinski definition) is 5. The van der Waals surface area contributed by atoms with Crippen molar-refractivity contribution in [3.8, 4) is 11.5 Å². The molecule has 0 aromatic heterocycles. The first-order chi connectivity index (χ1) is 42.3. The maximum absolute atomic E-state index is 14.6. The highest BCUT2D eigenvalue weighted by Crippen LogP contribution is 2.37. The van der Waals surface area contributed by atoms with Crippen LogP contribution in [-0.2, 0) is 74.7 Å². The van der Waals surface area contributed by atoms with Gasteiger partial charge in [0.1, 0.15) is 37.7 Å². The molecule has 0 radical (unpaired) electrons. The van der Waals surface area contributed by atoms with Gasteiger partial charge < -0.3 is 55.1 Å². The van der Waals surface area contributed by atoms with Crippen LogP contribution < -0.4 is 30.7 Å². The van der Waals surface area contributed by atoms with E-state index in [1.54, 1.807) is 36.4 Å². The first kappa shape index (κ1) is 69.9. The fourth-order valence-electron chi connectivity index (χ4n) is 10.0. The fourth-order valence-corrected chi connectivity index (χ4v) is 10.0. The van der Waals surface area contributed by atoms with E-state index < -0.39 is 184 Å². The van der Waals surface area contributed by atoms with Gasteiger partial charge in [0.15, 0.2) is 46.6 Å². The Balaban J connectivity index is 1.10. The number of ether oxygens (including phenoxy) is 4. The standard InChI is InChI=1S/C62H67F7N6O15/c1-8-20-88-49(80)26-44(46(77)30-89-53-32(2)37(63)23-38(64)50(53)67)72-55(81)34-13-11-12-18-74(28-34)59(85)57(83)70-41-15-10-9-14-36(41)62(6,7)27-33-16-17-35(61(3,4)5)42(22-33)71-58(84)60(86)75-19-21-87-47(29-75)56(82)73-43(25-48(78)79)45(76)31-90-54-51(68)39(65)24-40(66)52(54)69/h8-10,14-17,22-24,34,43-44,47H,1,11-13,18-21,25-31H2,2-7H3,(H,70,83)(H,71,84)(H,72,81)(H,73,82)(H,78,79)/t34-,43+,44+,47?/m1/s1. The highest BCUT2D eigenvalue weighted by Gasteiger charge is 2.38. The molecule has 1 unspecified atom stereocenters. The fraction of sp³-hybridized carbons (Fsp3) is 0.419. The van der Waals surface area contributed by atoms with Crippen molar-refractivity contribution in [1.29, 1.82) is 0 Å². The van der Waals surface area contributed by atoms with Gasteiger partial charge in [0.05, 0.1) is 31.9 Å². The molecule has 0 bridgehead atoms. The second-order valence-corrected chi connectivity index (χ2v) is 23.0. The van der Waals surface area contributed by atoms with Crippen LogP contribution >= 0.6 is 0 Å². The summed E-state index contributed by atoms with van der Waals surface area (Å²) < 4.78 is 119. The number of carboxylic acids is 1. The van der Waals surface area contributed by atoms with Crippen LogP contribution in [0.4, 0.5) is 42.1 Å². The van der Waals surface area contributed by atoms with E-state index in [-0.39, 0.29) is 63.1 Å². The van der Waals surface area contributed by atoms with Gasteiger partial charge in [0, 0.05) is 48.7 Å². The number of morpholine rings is 1. The summed E-state index contributed by atoms with van der Waals surface area (Å²) in [4.78, 5) is 136. The minimum Gasteiger partial charge on any atom is -0.482 e. The largest absolute Gasteiger partial charge is 0.482 e. The van der Waals surface area contributed by atoms with Gasteiger partial charge in [-0.05, 0) is 65.8 Å². The summed E-state index contributed by atoms with van der Waals surface area (Å²) in [5.74, 6) is -26.5. The number of esters is 1. The summed E-state index contributed by atoms with van der Waals surface area (Å²) in [5, 5.41) is 19.4. The van der Waals surface area contributed by atoms with Crippen LogP contribution in [-0.4, -0.2) is 145 Å². The number of carboxylic acid groups (broad SMARTS) is 1. The number of anilines is 2. The molecule has 4 aromatic carbocycles. The zero-order chi connectivity index (χ0) is 66.5. The van der Waals surface area contributed by atoms with Gasteiger partial charge >= 0.3 is 35.6 Å². The van der Waals surface area contributed by atoms with Crippen molar-refractivity contribution >= 4 is 70.3 Å². The molecule has 4 aromatic rings. The third kappa shape index (κ3) is 18.0. The summed E-state index contributed by atoms with van der Waals surface area (Å²) in [5.41, 5.74) is 0.375. The third-order valence-electron chi connectivity index (χ3n) is 14.7. The van der Waals surface area contributed by atoms with Crippen LogP contribution in [0.1, 0.15) is 89.0 Å². The van der Waals surface area contributed by atoms with E-state index in [1.807, 2.05) is 40.7 Å². The minimum atomic E-state index is -1.98. The quantitative estimate of drug-likeness (QED) is 0.0177. The Morgan fingerprint density at radius 3 is 1.84 bits per heavy atom. The van der Waals surface area contributed by atoms with Gasteiger partial charge in [0.2, 0.25) is 23.4 Å². The van der Waals surface area contributed by atoms with Crippen molar-refractivity contribution in [2.45, 2.75) is 109 Å². The van der Waals surface area contributed by atoms with Crippen molar-refractivity contribution in [1.82, 2.24) is 20.4 Å². The Kier molecular flexibility index (Phi) is 23.6. The summed E-state index contributed by atoms with van der Waals surface area (Å²) in [6, 6.07) is 8.52. The second kappa shape index (κ2) is 30.3. The summed E-state index contributed by atoms with van der Waals surface area (Å²) in [6.07, 6.45) is -0.963. The van der Waals surface area contributed by atoms with E-state index in [0.717, 1.165) is 11.8 Å². The number of nitrogens with one attached hydrogen (secondary N) is 4. The molecule has 2 saturated heterocycles. The Labute approximate surface area is 512 Å². The zero-order valence-electron chi connectivity index (χ0n) is 49.9. The van der Waals surface area contributed by atoms with Crippen molar-refractivity contribution in [2.24, 2.45) is 5.92 Å². The molecular formula is C62H67F7N6O15. The molecule has 2 aliphatic heterocycles. The molecule has 2 aliphatic rings. The van der Waals surface area contributed by atoms with Crippen molar-refractivity contribution in [3.05, 3.63) is 130 Å². The number of ketones is 2. The topological polar surface area (TPSA) is 282 Å². The smallest absolute Gasteiger partial charge is 0.313 e. The molecule has 28 heteroatoms. The van der Waals surface area contributed by atoms with Crippen LogP contribution in [0, 0.1) is 53.6 Å². The lowest BCUT2D eigenvalue weighted by molar-refractivity contribution is -0.153. The summed E-state index contributed by atoms with van der Waals surface area (Å²) in [7, 11) is 0. The van der Waals surface area contributed by atoms with E-state index in [4.69, 9.17) is 14.2 Å². The third-order valence-corrected chi connectivity index (χ3v) is 14.7. The molecule has 0 spiro atoms. The molecule has 2 fully saturated rings. The molecule has 6 amide bonds. The number of likely N-dealkylation sites (tertiary alicyclic amines) is 1. The van der Waals surface area contributed by atoms with Crippen molar-refractivity contribution in [2.75, 3.05) is 63.2 Å². The first-order valence-corrected chi connectivity index (χ1v) is 28.2.